The van der Waals surface area contributed by atoms with Gasteiger partial charge in [-0.05, 0) is 4.92 Å². The van der Waals surface area contributed by atoms with Crippen LogP contribution in [0.4, 0.5) is 19.0 Å². The Morgan fingerprint density at radius 1 is 1.45 bits per heavy atom. The second kappa shape index (κ2) is 5.28. The molecule has 1 heterocycles. The molecule has 0 amide bonds. The molecule has 0 bridgehead atoms. The first-order valence-corrected chi connectivity index (χ1v) is 6.70. The van der Waals surface area contributed by atoms with Gasteiger partial charge in [-0.25, -0.2) is 8.42 Å². The monoisotopic (exact) mass is 336 g/mol. The molecule has 112 valence electrons. The summed E-state index contributed by atoms with van der Waals surface area (Å²) in [6.07, 6.45) is -5.30. The van der Waals surface area contributed by atoms with Crippen LogP contribution in [0.5, 0.6) is 11.6 Å². The largest absolute Gasteiger partial charge is 0.573 e. The molecule has 20 heavy (non-hydrogen) atoms. The Kier molecular flexibility index (Phi) is 4.29. The van der Waals surface area contributed by atoms with Crippen molar-refractivity contribution in [3.05, 3.63) is 16.2 Å². The standard InChI is InChI=1S/C7H4ClF3N2O6S/c1-18-6-5(20(8,16)17)3(19-7(9,10)11)2-4(12-6)13(14)15/h2H,1H3. The van der Waals surface area contributed by atoms with Crippen LogP contribution in [-0.4, -0.2) is 31.8 Å². The highest BCUT2D eigenvalue weighted by Crippen LogP contribution is 2.39. The molecule has 0 unspecified atom stereocenters. The number of alkyl halides is 3. The number of ether oxygens (including phenoxy) is 2. The molecule has 0 atom stereocenters. The minimum absolute atomic E-state index is 0.172. The van der Waals surface area contributed by atoms with E-state index < -0.39 is 42.7 Å². The average molecular weight is 337 g/mol. The molecule has 0 spiro atoms. The van der Waals surface area contributed by atoms with Crippen LogP contribution >= 0.6 is 10.7 Å². The number of methoxy groups -OCH3 is 1. The smallest absolute Gasteiger partial charge is 0.462 e. The first-order valence-electron chi connectivity index (χ1n) is 4.39. The molecule has 0 aliphatic heterocycles. The second-order valence-electron chi connectivity index (χ2n) is 3.06. The van der Waals surface area contributed by atoms with Crippen molar-refractivity contribution >= 4 is 25.6 Å². The Hall–Kier alpha value is -1.82. The maximum Gasteiger partial charge on any atom is 0.573 e. The molecule has 1 aromatic rings. The minimum atomic E-state index is -5.30. The van der Waals surface area contributed by atoms with Gasteiger partial charge in [0.2, 0.25) is 4.90 Å². The third-order valence-corrected chi connectivity index (χ3v) is 3.07. The van der Waals surface area contributed by atoms with Crippen LogP contribution in [0.2, 0.25) is 0 Å². The van der Waals surface area contributed by atoms with E-state index in [1.54, 1.807) is 0 Å². The number of halogens is 4. The minimum Gasteiger partial charge on any atom is -0.462 e. The van der Waals surface area contributed by atoms with E-state index in [0.29, 0.717) is 0 Å². The van der Waals surface area contributed by atoms with Crippen LogP contribution in [0.1, 0.15) is 0 Å². The molecule has 0 aliphatic rings. The zero-order valence-corrected chi connectivity index (χ0v) is 10.9. The molecule has 0 radical (unpaired) electrons. The van der Waals surface area contributed by atoms with Gasteiger partial charge >= 0.3 is 18.1 Å². The SMILES string of the molecule is COc1nc([N+](=O)[O-])cc(OC(F)(F)F)c1S(=O)(=O)Cl. The molecule has 0 aliphatic carbocycles. The van der Waals surface area contributed by atoms with Gasteiger partial charge < -0.3 is 19.6 Å². The number of rotatable bonds is 4. The number of nitrogens with zero attached hydrogens (tertiary/aromatic N) is 2. The van der Waals surface area contributed by atoms with Crippen molar-refractivity contribution in [3.63, 3.8) is 0 Å². The average Bonchev–Trinajstić information content (AvgIpc) is 2.23. The summed E-state index contributed by atoms with van der Waals surface area (Å²) in [4.78, 5) is 11.2. The van der Waals surface area contributed by atoms with Gasteiger partial charge in [0.25, 0.3) is 9.05 Å². The third kappa shape index (κ3) is 3.84. The summed E-state index contributed by atoms with van der Waals surface area (Å²) in [5.74, 6) is -3.51. The van der Waals surface area contributed by atoms with E-state index in [0.717, 1.165) is 7.11 Å². The van der Waals surface area contributed by atoms with Crippen LogP contribution in [0.25, 0.3) is 0 Å². The van der Waals surface area contributed by atoms with E-state index in [4.69, 9.17) is 10.7 Å². The van der Waals surface area contributed by atoms with Gasteiger partial charge in [0, 0.05) is 15.7 Å². The highest BCUT2D eigenvalue weighted by Gasteiger charge is 2.38. The highest BCUT2D eigenvalue weighted by molar-refractivity contribution is 8.13. The lowest BCUT2D eigenvalue weighted by molar-refractivity contribution is -0.390. The van der Waals surface area contributed by atoms with Crippen molar-refractivity contribution in [2.75, 3.05) is 7.11 Å². The summed E-state index contributed by atoms with van der Waals surface area (Å²) in [6, 6.07) is 0.172. The van der Waals surface area contributed by atoms with E-state index in [1.807, 2.05) is 0 Å². The van der Waals surface area contributed by atoms with Crippen molar-refractivity contribution in [2.24, 2.45) is 0 Å². The van der Waals surface area contributed by atoms with E-state index in [-0.39, 0.29) is 6.07 Å². The molecule has 0 N–H and O–H groups in total. The van der Waals surface area contributed by atoms with Gasteiger partial charge in [-0.1, -0.05) is 0 Å². The maximum absolute atomic E-state index is 12.2. The number of hydrogen-bond donors (Lipinski definition) is 0. The first-order chi connectivity index (χ1) is 8.95. The van der Waals surface area contributed by atoms with E-state index >= 15 is 0 Å². The quantitative estimate of drug-likeness (QED) is 0.468. The number of hydrogen-bond acceptors (Lipinski definition) is 7. The van der Waals surface area contributed by atoms with Gasteiger partial charge in [0.05, 0.1) is 13.2 Å². The van der Waals surface area contributed by atoms with Gasteiger partial charge in [0.1, 0.15) is 0 Å². The molecule has 1 rings (SSSR count). The normalized spacial score (nSPS) is 12.1. The zero-order valence-electron chi connectivity index (χ0n) is 9.34. The highest BCUT2D eigenvalue weighted by atomic mass is 35.7. The summed E-state index contributed by atoms with van der Waals surface area (Å²) in [5, 5.41) is 10.5. The molecule has 0 saturated carbocycles. The van der Waals surface area contributed by atoms with Crippen molar-refractivity contribution in [3.8, 4) is 11.6 Å². The van der Waals surface area contributed by atoms with Crippen LogP contribution in [0, 0.1) is 10.1 Å². The first kappa shape index (κ1) is 16.2. The van der Waals surface area contributed by atoms with Crippen molar-refractivity contribution in [1.82, 2.24) is 4.98 Å². The lowest BCUT2D eigenvalue weighted by Gasteiger charge is -2.11. The summed E-state index contributed by atoms with van der Waals surface area (Å²) >= 11 is 0. The fourth-order valence-corrected chi connectivity index (χ4v) is 2.24. The van der Waals surface area contributed by atoms with Gasteiger partial charge in [-0.3, -0.25) is 0 Å². The molecule has 13 heteroatoms. The number of pyridine rings is 1. The zero-order chi connectivity index (χ0) is 15.7. The number of nitro groups is 1. The fraction of sp³-hybridized carbons (Fsp3) is 0.286. The lowest BCUT2D eigenvalue weighted by Crippen LogP contribution is -2.19. The van der Waals surface area contributed by atoms with E-state index in [1.165, 1.54) is 0 Å². The predicted octanol–water partition coefficient (Wildman–Crippen LogP) is 1.82. The Bertz CT molecular complexity index is 647. The maximum atomic E-state index is 12.2. The Morgan fingerprint density at radius 3 is 2.35 bits per heavy atom. The summed E-state index contributed by atoms with van der Waals surface area (Å²) in [6.45, 7) is 0. The summed E-state index contributed by atoms with van der Waals surface area (Å²) < 4.78 is 66.8. The van der Waals surface area contributed by atoms with Gasteiger partial charge in [-0.15, -0.1) is 13.2 Å². The van der Waals surface area contributed by atoms with Crippen LogP contribution in [-0.2, 0) is 9.05 Å². The van der Waals surface area contributed by atoms with Gasteiger partial charge in [0.15, 0.2) is 5.75 Å². The Morgan fingerprint density at radius 2 is 2.00 bits per heavy atom. The molecular weight excluding hydrogens is 333 g/mol. The molecule has 1 aromatic heterocycles. The van der Waals surface area contributed by atoms with Gasteiger partial charge in [-0.2, -0.15) is 0 Å². The number of aromatic nitrogens is 1. The van der Waals surface area contributed by atoms with E-state index in [9.17, 15) is 31.7 Å². The van der Waals surface area contributed by atoms with Crippen molar-refractivity contribution in [2.45, 2.75) is 11.3 Å². The lowest BCUT2D eigenvalue weighted by atomic mass is 10.4. The van der Waals surface area contributed by atoms with Crippen molar-refractivity contribution in [1.29, 1.82) is 0 Å². The Labute approximate surface area is 113 Å². The molecular formula is C7H4ClF3N2O6S. The molecule has 0 saturated heterocycles. The summed E-state index contributed by atoms with van der Waals surface area (Å²) in [7, 11) is 1.03. The second-order valence-corrected chi connectivity index (χ2v) is 5.56. The third-order valence-electron chi connectivity index (χ3n) is 1.74. The Balaban J connectivity index is 3.66. The molecule has 0 fully saturated rings. The van der Waals surface area contributed by atoms with Crippen LogP contribution in [0.15, 0.2) is 11.0 Å². The molecule has 8 nitrogen and oxygen atoms in total. The van der Waals surface area contributed by atoms with Crippen LogP contribution < -0.4 is 9.47 Å². The summed E-state index contributed by atoms with van der Waals surface area (Å²) in [5.41, 5.74) is 0. The van der Waals surface area contributed by atoms with Crippen LogP contribution in [0.3, 0.4) is 0 Å². The van der Waals surface area contributed by atoms with E-state index in [2.05, 4.69) is 14.5 Å². The topological polar surface area (TPSA) is 109 Å². The predicted molar refractivity (Wildman–Crippen MR) is 57.2 cm³/mol. The fourth-order valence-electron chi connectivity index (χ4n) is 1.13. The molecule has 0 aromatic carbocycles. The van der Waals surface area contributed by atoms with Crippen molar-refractivity contribution < 1.29 is 36.0 Å².